The van der Waals surface area contributed by atoms with Gasteiger partial charge in [0, 0.05) is 31.6 Å². The number of aromatic nitrogens is 3. The Balaban J connectivity index is 1.76. The second-order valence-electron chi connectivity index (χ2n) is 5.19. The molecule has 0 saturated carbocycles. The Morgan fingerprint density at radius 1 is 1.55 bits per heavy atom. The summed E-state index contributed by atoms with van der Waals surface area (Å²) in [7, 11) is 0. The van der Waals surface area contributed by atoms with E-state index in [1.165, 1.54) is 10.7 Å². The van der Waals surface area contributed by atoms with Gasteiger partial charge in [-0.2, -0.15) is 0 Å². The number of carbonyl (C=O) groups is 1. The Kier molecular flexibility index (Phi) is 3.61. The van der Waals surface area contributed by atoms with Crippen LogP contribution in [0.2, 0.25) is 0 Å². The molecule has 0 radical (unpaired) electrons. The van der Waals surface area contributed by atoms with Crippen molar-refractivity contribution < 1.29 is 9.72 Å². The minimum atomic E-state index is -0.520. The summed E-state index contributed by atoms with van der Waals surface area (Å²) in [5, 5.41) is 18.4. The zero-order valence-electron chi connectivity index (χ0n) is 12.1. The molecule has 9 heteroatoms. The number of fused-ring (bicyclic) bond motifs is 1. The summed E-state index contributed by atoms with van der Waals surface area (Å²) in [6.07, 6.45) is 2.51. The fourth-order valence-electron chi connectivity index (χ4n) is 2.60. The van der Waals surface area contributed by atoms with Gasteiger partial charge in [-0.1, -0.05) is 16.5 Å². The standard InChI is InChI=1S/C13H16N6O3/c1-2-13(20)17-6-5-9(8-17)15-10-3-4-11-14-7-12(19(21)22)18(11)16-10/h3-4,7,9H,2,5-6,8H2,1H3,(H,15,16). The van der Waals surface area contributed by atoms with Gasteiger partial charge in [0.05, 0.1) is 0 Å². The molecule has 9 nitrogen and oxygen atoms in total. The van der Waals surface area contributed by atoms with Crippen LogP contribution >= 0.6 is 0 Å². The average Bonchev–Trinajstić information content (AvgIpc) is 3.12. The Hall–Kier alpha value is -2.71. The maximum absolute atomic E-state index is 11.7. The second-order valence-corrected chi connectivity index (χ2v) is 5.19. The molecule has 0 bridgehead atoms. The van der Waals surface area contributed by atoms with E-state index in [0.29, 0.717) is 24.4 Å². The predicted molar refractivity (Wildman–Crippen MR) is 78.5 cm³/mol. The third-order valence-electron chi connectivity index (χ3n) is 3.73. The van der Waals surface area contributed by atoms with Gasteiger partial charge < -0.3 is 20.3 Å². The first-order valence-electron chi connectivity index (χ1n) is 7.12. The highest BCUT2D eigenvalue weighted by molar-refractivity contribution is 5.76. The molecule has 0 aliphatic carbocycles. The van der Waals surface area contributed by atoms with Crippen molar-refractivity contribution in [2.75, 3.05) is 18.4 Å². The molecule has 3 heterocycles. The number of nitrogens with one attached hydrogen (secondary N) is 1. The zero-order valence-corrected chi connectivity index (χ0v) is 12.1. The number of amides is 1. The van der Waals surface area contributed by atoms with E-state index in [1.54, 1.807) is 12.1 Å². The largest absolute Gasteiger partial charge is 0.368 e. The molecule has 1 saturated heterocycles. The van der Waals surface area contributed by atoms with Crippen LogP contribution in [-0.2, 0) is 4.79 Å². The summed E-state index contributed by atoms with van der Waals surface area (Å²) in [6, 6.07) is 3.51. The molecule has 0 spiro atoms. The van der Waals surface area contributed by atoms with Crippen molar-refractivity contribution in [3.63, 3.8) is 0 Å². The molecule has 2 aromatic rings. The van der Waals surface area contributed by atoms with Crippen molar-refractivity contribution in [1.29, 1.82) is 0 Å². The first kappa shape index (κ1) is 14.2. The summed E-state index contributed by atoms with van der Waals surface area (Å²) >= 11 is 0. The maximum atomic E-state index is 11.7. The molecule has 1 unspecified atom stereocenters. The van der Waals surface area contributed by atoms with Crippen molar-refractivity contribution in [2.24, 2.45) is 0 Å². The van der Waals surface area contributed by atoms with Gasteiger partial charge in [-0.25, -0.2) is 4.98 Å². The summed E-state index contributed by atoms with van der Waals surface area (Å²) in [6.45, 7) is 3.19. The maximum Gasteiger partial charge on any atom is 0.368 e. The van der Waals surface area contributed by atoms with Gasteiger partial charge in [-0.3, -0.25) is 4.79 Å². The minimum Gasteiger partial charge on any atom is -0.362 e. The van der Waals surface area contributed by atoms with Crippen LogP contribution in [0.5, 0.6) is 0 Å². The molecule has 1 aliphatic heterocycles. The predicted octanol–water partition coefficient (Wildman–Crippen LogP) is 1.06. The Morgan fingerprint density at radius 3 is 3.09 bits per heavy atom. The number of nitrogens with zero attached hydrogens (tertiary/aromatic N) is 5. The third-order valence-corrected chi connectivity index (χ3v) is 3.73. The number of nitro groups is 1. The fourth-order valence-corrected chi connectivity index (χ4v) is 2.60. The fraction of sp³-hybridized carbons (Fsp3) is 0.462. The highest BCUT2D eigenvalue weighted by atomic mass is 16.6. The van der Waals surface area contributed by atoms with Gasteiger partial charge in [0.2, 0.25) is 11.6 Å². The van der Waals surface area contributed by atoms with Gasteiger partial charge in [0.15, 0.2) is 5.82 Å². The molecule has 0 aromatic carbocycles. The Morgan fingerprint density at radius 2 is 2.36 bits per heavy atom. The van der Waals surface area contributed by atoms with Crippen LogP contribution in [0.4, 0.5) is 11.6 Å². The monoisotopic (exact) mass is 304 g/mol. The van der Waals surface area contributed by atoms with E-state index in [2.05, 4.69) is 15.4 Å². The highest BCUT2D eigenvalue weighted by Crippen LogP contribution is 2.18. The van der Waals surface area contributed by atoms with E-state index in [4.69, 9.17) is 0 Å². The van der Waals surface area contributed by atoms with Crippen LogP contribution in [0.15, 0.2) is 18.3 Å². The van der Waals surface area contributed by atoms with Crippen LogP contribution in [0, 0.1) is 10.1 Å². The average molecular weight is 304 g/mol. The topological polar surface area (TPSA) is 106 Å². The summed E-state index contributed by atoms with van der Waals surface area (Å²) in [5.74, 6) is 0.496. The van der Waals surface area contributed by atoms with Gasteiger partial charge in [0.25, 0.3) is 0 Å². The first-order chi connectivity index (χ1) is 10.6. The molecule has 116 valence electrons. The van der Waals surface area contributed by atoms with Crippen molar-refractivity contribution in [3.8, 4) is 0 Å². The molecule has 1 fully saturated rings. The normalized spacial score (nSPS) is 17.9. The van der Waals surface area contributed by atoms with Gasteiger partial charge in [-0.15, -0.1) is 0 Å². The number of imidazole rings is 1. The van der Waals surface area contributed by atoms with Crippen molar-refractivity contribution in [2.45, 2.75) is 25.8 Å². The zero-order chi connectivity index (χ0) is 15.7. The number of anilines is 1. The Bertz CT molecular complexity index is 728. The third kappa shape index (κ3) is 2.57. The van der Waals surface area contributed by atoms with Crippen LogP contribution < -0.4 is 5.32 Å². The minimum absolute atomic E-state index is 0.100. The molecule has 1 N–H and O–H groups in total. The van der Waals surface area contributed by atoms with E-state index in [1.807, 2.05) is 11.8 Å². The highest BCUT2D eigenvalue weighted by Gasteiger charge is 2.26. The molecule has 3 rings (SSSR count). The first-order valence-corrected chi connectivity index (χ1v) is 7.12. The van der Waals surface area contributed by atoms with Crippen LogP contribution in [0.25, 0.3) is 5.65 Å². The van der Waals surface area contributed by atoms with Gasteiger partial charge in [0.1, 0.15) is 6.20 Å². The van der Waals surface area contributed by atoms with Crippen molar-refractivity contribution >= 4 is 23.2 Å². The van der Waals surface area contributed by atoms with Gasteiger partial charge in [-0.05, 0) is 17.4 Å². The van der Waals surface area contributed by atoms with Crippen LogP contribution in [-0.4, -0.2) is 49.5 Å². The quantitative estimate of drug-likeness (QED) is 0.668. The summed E-state index contributed by atoms with van der Waals surface area (Å²) in [4.78, 5) is 27.8. The summed E-state index contributed by atoms with van der Waals surface area (Å²) < 4.78 is 1.20. The smallest absolute Gasteiger partial charge is 0.362 e. The second kappa shape index (κ2) is 5.58. The number of rotatable bonds is 4. The van der Waals surface area contributed by atoms with Crippen molar-refractivity contribution in [1.82, 2.24) is 19.5 Å². The molecular weight excluding hydrogens is 288 g/mol. The van der Waals surface area contributed by atoms with E-state index < -0.39 is 4.92 Å². The number of hydrogen-bond acceptors (Lipinski definition) is 6. The molecule has 1 atom stereocenters. The van der Waals surface area contributed by atoms with Crippen molar-refractivity contribution in [3.05, 3.63) is 28.4 Å². The lowest BCUT2D eigenvalue weighted by molar-refractivity contribution is -0.391. The lowest BCUT2D eigenvalue weighted by Crippen LogP contribution is -2.31. The van der Waals surface area contributed by atoms with E-state index in [9.17, 15) is 14.9 Å². The Labute approximate surface area is 126 Å². The van der Waals surface area contributed by atoms with E-state index >= 15 is 0 Å². The van der Waals surface area contributed by atoms with E-state index in [0.717, 1.165) is 13.0 Å². The molecule has 22 heavy (non-hydrogen) atoms. The van der Waals surface area contributed by atoms with Crippen LogP contribution in [0.3, 0.4) is 0 Å². The molecule has 1 aliphatic rings. The molecule has 2 aromatic heterocycles. The molecule has 1 amide bonds. The molecular formula is C13H16N6O3. The number of hydrogen-bond donors (Lipinski definition) is 1. The SMILES string of the molecule is CCC(=O)N1CCC(Nc2ccc3ncc([N+](=O)[O-])n3n2)C1. The summed E-state index contributed by atoms with van der Waals surface area (Å²) in [5.41, 5.74) is 0.423. The number of carbonyl (C=O) groups excluding carboxylic acids is 1. The van der Waals surface area contributed by atoms with E-state index in [-0.39, 0.29) is 17.8 Å². The number of likely N-dealkylation sites (tertiary alicyclic amines) is 1. The lowest BCUT2D eigenvalue weighted by atomic mass is 10.2. The van der Waals surface area contributed by atoms with Gasteiger partial charge >= 0.3 is 5.82 Å². The van der Waals surface area contributed by atoms with Crippen LogP contribution in [0.1, 0.15) is 19.8 Å². The lowest BCUT2D eigenvalue weighted by Gasteiger charge is -2.16.